The van der Waals surface area contributed by atoms with Gasteiger partial charge in [0.2, 0.25) is 5.88 Å². The lowest BCUT2D eigenvalue weighted by Gasteiger charge is -2.37. The van der Waals surface area contributed by atoms with Gasteiger partial charge in [-0.2, -0.15) is 0 Å². The van der Waals surface area contributed by atoms with E-state index in [1.165, 1.54) is 5.69 Å². The molecule has 5 rings (SSSR count). The molecule has 2 fully saturated rings. The van der Waals surface area contributed by atoms with Gasteiger partial charge in [-0.25, -0.2) is 0 Å². The molecule has 8 heteroatoms. The molecule has 8 nitrogen and oxygen atoms in total. The summed E-state index contributed by atoms with van der Waals surface area (Å²) in [7, 11) is 0. The summed E-state index contributed by atoms with van der Waals surface area (Å²) >= 11 is 0. The molecule has 2 saturated heterocycles. The van der Waals surface area contributed by atoms with Crippen LogP contribution in [0.25, 0.3) is 10.8 Å². The number of hydrogen-bond acceptors (Lipinski definition) is 7. The van der Waals surface area contributed by atoms with Crippen molar-refractivity contribution >= 4 is 28.4 Å². The van der Waals surface area contributed by atoms with Gasteiger partial charge in [-0.1, -0.05) is 18.2 Å². The minimum atomic E-state index is -0.309. The van der Waals surface area contributed by atoms with Gasteiger partial charge in [-0.15, -0.1) is 0 Å². The fourth-order valence-corrected chi connectivity index (χ4v) is 4.64. The van der Waals surface area contributed by atoms with Crippen molar-refractivity contribution in [3.8, 4) is 5.88 Å². The molecular weight excluding hydrogens is 430 g/mol. The Morgan fingerprint density at radius 1 is 0.882 bits per heavy atom. The van der Waals surface area contributed by atoms with Crippen LogP contribution >= 0.6 is 0 Å². The highest BCUT2D eigenvalue weighted by molar-refractivity contribution is 6.01. The summed E-state index contributed by atoms with van der Waals surface area (Å²) in [6.07, 6.45) is 1.61. The summed E-state index contributed by atoms with van der Waals surface area (Å²) in [6, 6.07) is 15.4. The number of aromatic nitrogens is 1. The van der Waals surface area contributed by atoms with Crippen LogP contribution in [0.4, 0.5) is 11.4 Å². The number of benzene rings is 2. The molecule has 3 heterocycles. The number of H-pyrrole nitrogens is 1. The second kappa shape index (κ2) is 10.4. The van der Waals surface area contributed by atoms with Crippen LogP contribution in [0, 0.1) is 0 Å². The first-order valence-electron chi connectivity index (χ1n) is 11.9. The predicted octanol–water partition coefficient (Wildman–Crippen LogP) is 2.44. The number of rotatable bonds is 6. The number of fused-ring (bicyclic) bond motifs is 1. The second-order valence-corrected chi connectivity index (χ2v) is 8.82. The maximum Gasteiger partial charge on any atom is 0.258 e. The highest BCUT2D eigenvalue weighted by atomic mass is 16.5. The van der Waals surface area contributed by atoms with Crippen molar-refractivity contribution in [2.75, 3.05) is 70.5 Å². The van der Waals surface area contributed by atoms with E-state index < -0.39 is 0 Å². The molecular formula is C26H31N5O3. The molecule has 0 unspecified atom stereocenters. The number of nitrogens with zero attached hydrogens (tertiary/aromatic N) is 4. The Hall–Kier alpha value is -3.20. The summed E-state index contributed by atoms with van der Waals surface area (Å²) in [6.45, 7) is 10.2. The van der Waals surface area contributed by atoms with Crippen LogP contribution in [-0.4, -0.2) is 91.7 Å². The molecule has 178 valence electrons. The summed E-state index contributed by atoms with van der Waals surface area (Å²) in [5.41, 5.74) is 2.19. The van der Waals surface area contributed by atoms with Gasteiger partial charge >= 0.3 is 0 Å². The minimum absolute atomic E-state index is 0.171. The second-order valence-electron chi connectivity index (χ2n) is 8.82. The summed E-state index contributed by atoms with van der Waals surface area (Å²) < 4.78 is 5.43. The van der Waals surface area contributed by atoms with Crippen LogP contribution in [0.1, 0.15) is 5.56 Å². The zero-order chi connectivity index (χ0) is 23.3. The molecule has 0 atom stereocenters. The van der Waals surface area contributed by atoms with Crippen molar-refractivity contribution in [3.05, 3.63) is 64.4 Å². The lowest BCUT2D eigenvalue weighted by Crippen LogP contribution is -2.49. The van der Waals surface area contributed by atoms with E-state index in [1.54, 1.807) is 18.3 Å². The van der Waals surface area contributed by atoms with Crippen molar-refractivity contribution in [1.29, 1.82) is 0 Å². The number of ether oxygens (including phenoxy) is 1. The molecule has 3 aromatic rings. The molecule has 2 aliphatic rings. The van der Waals surface area contributed by atoms with E-state index in [4.69, 9.17) is 4.74 Å². The Morgan fingerprint density at radius 3 is 2.24 bits per heavy atom. The Kier molecular flexibility index (Phi) is 6.89. The maximum atomic E-state index is 12.1. The van der Waals surface area contributed by atoms with Crippen LogP contribution in [0.15, 0.2) is 58.3 Å². The van der Waals surface area contributed by atoms with Gasteiger partial charge in [-0.05, 0) is 30.3 Å². The molecule has 0 amide bonds. The number of aromatic hydroxyl groups is 1. The third-order valence-electron chi connectivity index (χ3n) is 6.71. The monoisotopic (exact) mass is 461 g/mol. The zero-order valence-corrected chi connectivity index (χ0v) is 19.3. The zero-order valence-electron chi connectivity index (χ0n) is 19.3. The Labute approximate surface area is 199 Å². The highest BCUT2D eigenvalue weighted by Crippen LogP contribution is 2.24. The number of hydrogen-bond donors (Lipinski definition) is 2. The van der Waals surface area contributed by atoms with E-state index in [9.17, 15) is 9.90 Å². The molecule has 0 aliphatic carbocycles. The molecule has 2 aliphatic heterocycles. The SMILES string of the molecule is O=c1[nH]c(O)c(C=Nc2ccc(N3CCN(CCN4CCOCC4)CC3)cc2)c2ccccc12. The molecule has 34 heavy (non-hydrogen) atoms. The van der Waals surface area contributed by atoms with Gasteiger partial charge in [0.25, 0.3) is 5.56 Å². The van der Waals surface area contributed by atoms with Gasteiger partial charge in [0, 0.05) is 75.0 Å². The first-order chi connectivity index (χ1) is 16.7. The normalized spacial score (nSPS) is 18.2. The van der Waals surface area contributed by atoms with Crippen LogP contribution in [0.5, 0.6) is 5.88 Å². The van der Waals surface area contributed by atoms with Gasteiger partial charge in [0.05, 0.1) is 24.5 Å². The van der Waals surface area contributed by atoms with Crippen LogP contribution < -0.4 is 10.5 Å². The third-order valence-corrected chi connectivity index (χ3v) is 6.71. The average Bonchev–Trinajstić information content (AvgIpc) is 2.89. The Morgan fingerprint density at radius 2 is 1.53 bits per heavy atom. The van der Waals surface area contributed by atoms with Crippen LogP contribution in [-0.2, 0) is 4.74 Å². The molecule has 1 aromatic heterocycles. The summed E-state index contributed by atoms with van der Waals surface area (Å²) in [5, 5.41) is 11.5. The number of aromatic amines is 1. The van der Waals surface area contributed by atoms with E-state index in [1.807, 2.05) is 24.3 Å². The van der Waals surface area contributed by atoms with E-state index in [-0.39, 0.29) is 11.4 Å². The molecule has 0 saturated carbocycles. The lowest BCUT2D eigenvalue weighted by molar-refractivity contribution is 0.0331. The van der Waals surface area contributed by atoms with Crippen molar-refractivity contribution in [3.63, 3.8) is 0 Å². The van der Waals surface area contributed by atoms with E-state index >= 15 is 0 Å². The number of morpholine rings is 1. The largest absolute Gasteiger partial charge is 0.494 e. The standard InChI is InChI=1S/C26H31N5O3/c32-25-23-4-2-1-3-22(23)24(26(33)28-25)19-27-20-5-7-21(8-6-20)31-13-11-29(12-14-31)9-10-30-15-17-34-18-16-30/h1-8,19H,9-18H2,(H2,28,32,33). The first-order valence-corrected chi connectivity index (χ1v) is 11.9. The number of piperazine rings is 1. The Balaban J connectivity index is 1.19. The summed E-state index contributed by atoms with van der Waals surface area (Å²) in [4.78, 5) is 26.6. The topological polar surface area (TPSA) is 84.4 Å². The number of aliphatic imine (C=N–C) groups is 1. The fourth-order valence-electron chi connectivity index (χ4n) is 4.64. The van der Waals surface area contributed by atoms with Crippen molar-refractivity contribution in [1.82, 2.24) is 14.8 Å². The van der Waals surface area contributed by atoms with Gasteiger partial charge in [0.1, 0.15) is 0 Å². The average molecular weight is 462 g/mol. The summed E-state index contributed by atoms with van der Waals surface area (Å²) in [5.74, 6) is -0.171. The predicted molar refractivity (Wildman–Crippen MR) is 136 cm³/mol. The van der Waals surface area contributed by atoms with Gasteiger partial charge in [0.15, 0.2) is 0 Å². The van der Waals surface area contributed by atoms with E-state index in [2.05, 4.69) is 36.8 Å². The number of anilines is 1. The fraction of sp³-hybridized carbons (Fsp3) is 0.385. The van der Waals surface area contributed by atoms with Gasteiger partial charge in [-0.3, -0.25) is 24.6 Å². The molecule has 2 aromatic carbocycles. The van der Waals surface area contributed by atoms with E-state index in [0.717, 1.165) is 71.3 Å². The smallest absolute Gasteiger partial charge is 0.258 e. The van der Waals surface area contributed by atoms with Crippen molar-refractivity contribution in [2.24, 2.45) is 4.99 Å². The van der Waals surface area contributed by atoms with Crippen molar-refractivity contribution < 1.29 is 9.84 Å². The molecule has 0 spiro atoms. The maximum absolute atomic E-state index is 12.1. The highest BCUT2D eigenvalue weighted by Gasteiger charge is 2.18. The number of pyridine rings is 1. The lowest BCUT2D eigenvalue weighted by atomic mass is 10.1. The Bertz CT molecular complexity index is 1190. The first kappa shape index (κ1) is 22.6. The van der Waals surface area contributed by atoms with Crippen molar-refractivity contribution in [2.45, 2.75) is 0 Å². The molecule has 0 bridgehead atoms. The number of nitrogens with one attached hydrogen (secondary N) is 1. The molecule has 0 radical (unpaired) electrons. The van der Waals surface area contributed by atoms with E-state index in [0.29, 0.717) is 16.3 Å². The third kappa shape index (κ3) is 5.14. The van der Waals surface area contributed by atoms with Gasteiger partial charge < -0.3 is 14.7 Å². The van der Waals surface area contributed by atoms with Crippen LogP contribution in [0.2, 0.25) is 0 Å². The van der Waals surface area contributed by atoms with Crippen LogP contribution in [0.3, 0.4) is 0 Å². The minimum Gasteiger partial charge on any atom is -0.494 e. The molecule has 2 N–H and O–H groups in total. The quantitative estimate of drug-likeness (QED) is 0.549.